The van der Waals surface area contributed by atoms with E-state index in [4.69, 9.17) is 11.6 Å². The molecule has 10 heteroatoms. The lowest BCUT2D eigenvalue weighted by molar-refractivity contribution is 0.102. The fourth-order valence-corrected chi connectivity index (χ4v) is 3.21. The summed E-state index contributed by atoms with van der Waals surface area (Å²) in [5.74, 6) is -1.02. The number of benzene rings is 2. The Morgan fingerprint density at radius 2 is 1.74 bits per heavy atom. The Labute approximate surface area is 159 Å². The maximum atomic E-state index is 13.2. The third-order valence-corrected chi connectivity index (χ3v) is 4.95. The lowest BCUT2D eigenvalue weighted by Crippen LogP contribution is -2.15. The van der Waals surface area contributed by atoms with Gasteiger partial charge in [0.05, 0.1) is 4.90 Å². The number of aromatic nitrogens is 2. The molecule has 1 heterocycles. The third kappa shape index (κ3) is 4.78. The summed E-state index contributed by atoms with van der Waals surface area (Å²) in [6.45, 7) is 0. The van der Waals surface area contributed by atoms with Crippen LogP contribution in [0.5, 0.6) is 0 Å². The summed E-state index contributed by atoms with van der Waals surface area (Å²) in [6, 6.07) is 13.5. The van der Waals surface area contributed by atoms with Crippen molar-refractivity contribution >= 4 is 39.0 Å². The van der Waals surface area contributed by atoms with Crippen molar-refractivity contribution in [1.82, 2.24) is 10.2 Å². The Bertz CT molecular complexity index is 1070. The fraction of sp³-hybridized carbons (Fsp3) is 0. The highest BCUT2D eigenvalue weighted by Gasteiger charge is 2.15. The second kappa shape index (κ2) is 7.68. The van der Waals surface area contributed by atoms with E-state index in [-0.39, 0.29) is 21.4 Å². The molecule has 0 saturated carbocycles. The summed E-state index contributed by atoms with van der Waals surface area (Å²) in [7, 11) is -3.89. The maximum absolute atomic E-state index is 13.2. The topological polar surface area (TPSA) is 101 Å². The second-order valence-electron chi connectivity index (χ2n) is 5.34. The molecule has 0 unspecified atom stereocenters. The second-order valence-corrected chi connectivity index (χ2v) is 7.41. The molecule has 0 aliphatic carbocycles. The van der Waals surface area contributed by atoms with Crippen LogP contribution in [0, 0.1) is 5.82 Å². The molecule has 7 nitrogen and oxygen atoms in total. The van der Waals surface area contributed by atoms with Gasteiger partial charge in [-0.1, -0.05) is 17.7 Å². The molecule has 3 aromatic rings. The van der Waals surface area contributed by atoms with Gasteiger partial charge in [0.2, 0.25) is 0 Å². The number of halogens is 2. The first-order chi connectivity index (χ1) is 12.8. The summed E-state index contributed by atoms with van der Waals surface area (Å²) in [6.07, 6.45) is 0. The molecule has 0 atom stereocenters. The molecular formula is C17H12ClFN4O3S. The molecule has 0 saturated heterocycles. The molecule has 0 bridgehead atoms. The molecule has 0 aliphatic heterocycles. The van der Waals surface area contributed by atoms with E-state index in [2.05, 4.69) is 20.2 Å². The predicted octanol–water partition coefficient (Wildman–Crippen LogP) is 3.32. The van der Waals surface area contributed by atoms with Gasteiger partial charge in [0.25, 0.3) is 15.9 Å². The zero-order valence-corrected chi connectivity index (χ0v) is 15.1. The minimum Gasteiger partial charge on any atom is -0.322 e. The molecule has 2 aromatic carbocycles. The van der Waals surface area contributed by atoms with Gasteiger partial charge in [-0.3, -0.25) is 9.52 Å². The van der Waals surface area contributed by atoms with Gasteiger partial charge in [0.1, 0.15) is 5.82 Å². The van der Waals surface area contributed by atoms with Crippen LogP contribution in [0.1, 0.15) is 10.4 Å². The lowest BCUT2D eigenvalue weighted by Gasteiger charge is -2.09. The average molecular weight is 407 g/mol. The van der Waals surface area contributed by atoms with E-state index in [9.17, 15) is 17.6 Å². The van der Waals surface area contributed by atoms with E-state index in [0.29, 0.717) is 5.69 Å². The fourth-order valence-electron chi connectivity index (χ4n) is 2.12. The number of rotatable bonds is 5. The van der Waals surface area contributed by atoms with Crippen LogP contribution < -0.4 is 10.0 Å². The summed E-state index contributed by atoms with van der Waals surface area (Å²) in [4.78, 5) is 12.0. The van der Waals surface area contributed by atoms with Crippen LogP contribution in [0.25, 0.3) is 0 Å². The van der Waals surface area contributed by atoms with Crippen LogP contribution >= 0.6 is 11.6 Å². The Morgan fingerprint density at radius 1 is 1.00 bits per heavy atom. The molecule has 1 amide bonds. The first-order valence-corrected chi connectivity index (χ1v) is 9.39. The number of nitrogens with zero attached hydrogens (tertiary/aromatic N) is 2. The summed E-state index contributed by atoms with van der Waals surface area (Å²) in [5, 5.41) is 9.88. The summed E-state index contributed by atoms with van der Waals surface area (Å²) >= 11 is 5.61. The minimum absolute atomic E-state index is 0.0166. The van der Waals surface area contributed by atoms with E-state index in [1.807, 2.05) is 0 Å². The SMILES string of the molecule is O=C(Nc1ccc(S(=O)(=O)Nc2ccc(Cl)nn2)cc1)c1cccc(F)c1. The highest BCUT2D eigenvalue weighted by atomic mass is 35.5. The Balaban J connectivity index is 1.72. The quantitative estimate of drug-likeness (QED) is 0.676. The number of nitrogens with one attached hydrogen (secondary N) is 2. The first-order valence-electron chi connectivity index (χ1n) is 7.52. The molecule has 27 heavy (non-hydrogen) atoms. The Kier molecular flexibility index (Phi) is 5.33. The van der Waals surface area contributed by atoms with Crippen LogP contribution in [0.2, 0.25) is 5.15 Å². The molecule has 1 aromatic heterocycles. The number of hydrogen-bond donors (Lipinski definition) is 2. The van der Waals surface area contributed by atoms with Crippen molar-refractivity contribution in [2.75, 3.05) is 10.0 Å². The normalized spacial score (nSPS) is 11.0. The van der Waals surface area contributed by atoms with Crippen molar-refractivity contribution in [3.63, 3.8) is 0 Å². The van der Waals surface area contributed by atoms with Gasteiger partial charge in [0, 0.05) is 11.3 Å². The number of carbonyl (C=O) groups excluding carboxylic acids is 1. The molecule has 2 N–H and O–H groups in total. The van der Waals surface area contributed by atoms with E-state index in [1.165, 1.54) is 54.6 Å². The van der Waals surface area contributed by atoms with E-state index in [0.717, 1.165) is 6.07 Å². The first kappa shape index (κ1) is 18.7. The number of anilines is 2. The standard InChI is InChI=1S/C17H12ClFN4O3S/c18-15-8-9-16(22-21-15)23-27(25,26)14-6-4-13(5-7-14)20-17(24)11-2-1-3-12(19)10-11/h1-10H,(H,20,24)(H,22,23). The van der Waals surface area contributed by atoms with Crippen molar-refractivity contribution in [1.29, 1.82) is 0 Å². The van der Waals surface area contributed by atoms with Gasteiger partial charge < -0.3 is 5.32 Å². The van der Waals surface area contributed by atoms with Gasteiger partial charge in [-0.2, -0.15) is 0 Å². The molecule has 0 aliphatic rings. The zero-order chi connectivity index (χ0) is 19.4. The van der Waals surface area contributed by atoms with Crippen LogP contribution in [0.3, 0.4) is 0 Å². The zero-order valence-electron chi connectivity index (χ0n) is 13.6. The third-order valence-electron chi connectivity index (χ3n) is 3.38. The highest BCUT2D eigenvalue weighted by molar-refractivity contribution is 7.92. The highest BCUT2D eigenvalue weighted by Crippen LogP contribution is 2.18. The van der Waals surface area contributed by atoms with Gasteiger partial charge in [-0.15, -0.1) is 10.2 Å². The molecular weight excluding hydrogens is 395 g/mol. The van der Waals surface area contributed by atoms with Gasteiger partial charge in [0.15, 0.2) is 11.0 Å². The van der Waals surface area contributed by atoms with Crippen molar-refractivity contribution in [2.24, 2.45) is 0 Å². The van der Waals surface area contributed by atoms with E-state index < -0.39 is 21.7 Å². The van der Waals surface area contributed by atoms with Crippen LogP contribution in [-0.2, 0) is 10.0 Å². The molecule has 3 rings (SSSR count). The predicted molar refractivity (Wildman–Crippen MR) is 98.6 cm³/mol. The van der Waals surface area contributed by atoms with Crippen molar-refractivity contribution in [3.05, 3.63) is 77.2 Å². The molecule has 0 radical (unpaired) electrons. The average Bonchev–Trinajstić information content (AvgIpc) is 2.64. The van der Waals surface area contributed by atoms with Crippen molar-refractivity contribution < 1.29 is 17.6 Å². The van der Waals surface area contributed by atoms with Crippen LogP contribution in [-0.4, -0.2) is 24.5 Å². The van der Waals surface area contributed by atoms with Crippen molar-refractivity contribution in [2.45, 2.75) is 4.90 Å². The van der Waals surface area contributed by atoms with Crippen LogP contribution in [0.4, 0.5) is 15.9 Å². The van der Waals surface area contributed by atoms with Gasteiger partial charge in [-0.25, -0.2) is 12.8 Å². The summed E-state index contributed by atoms with van der Waals surface area (Å²) in [5.41, 5.74) is 0.504. The monoisotopic (exact) mass is 406 g/mol. The van der Waals surface area contributed by atoms with Crippen molar-refractivity contribution in [3.8, 4) is 0 Å². The smallest absolute Gasteiger partial charge is 0.263 e. The van der Waals surface area contributed by atoms with Crippen LogP contribution in [0.15, 0.2) is 65.6 Å². The minimum atomic E-state index is -3.89. The number of amides is 1. The number of sulfonamides is 1. The van der Waals surface area contributed by atoms with E-state index >= 15 is 0 Å². The van der Waals surface area contributed by atoms with Gasteiger partial charge >= 0.3 is 0 Å². The van der Waals surface area contributed by atoms with Gasteiger partial charge in [-0.05, 0) is 54.6 Å². The molecule has 138 valence electrons. The van der Waals surface area contributed by atoms with E-state index in [1.54, 1.807) is 0 Å². The largest absolute Gasteiger partial charge is 0.322 e. The molecule has 0 spiro atoms. The number of carbonyl (C=O) groups is 1. The summed E-state index contributed by atoms with van der Waals surface area (Å²) < 4.78 is 40.1. The molecule has 0 fully saturated rings. The Morgan fingerprint density at radius 3 is 2.37 bits per heavy atom. The lowest BCUT2D eigenvalue weighted by atomic mass is 10.2. The number of hydrogen-bond acceptors (Lipinski definition) is 5. The Hall–Kier alpha value is -3.04. The maximum Gasteiger partial charge on any atom is 0.263 e.